The molecule has 1 fully saturated rings. The van der Waals surface area contributed by atoms with Gasteiger partial charge in [0.25, 0.3) is 0 Å². The van der Waals surface area contributed by atoms with Crippen LogP contribution in [0.15, 0.2) is 60.8 Å². The fourth-order valence-electron chi connectivity index (χ4n) is 3.11. The van der Waals surface area contributed by atoms with Crippen LogP contribution >= 0.6 is 0 Å². The number of carbonyl (C=O) groups is 1. The lowest BCUT2D eigenvalue weighted by atomic mass is 10.2. The van der Waals surface area contributed by atoms with Crippen LogP contribution in [0.1, 0.15) is 10.4 Å². The molecule has 29 heavy (non-hydrogen) atoms. The highest BCUT2D eigenvalue weighted by Crippen LogP contribution is 2.28. The molecule has 2 aromatic carbocycles. The monoisotopic (exact) mass is 391 g/mol. The van der Waals surface area contributed by atoms with Crippen LogP contribution in [0.5, 0.6) is 0 Å². The lowest BCUT2D eigenvalue weighted by Gasteiger charge is -2.30. The Morgan fingerprint density at radius 1 is 1.00 bits per heavy atom. The van der Waals surface area contributed by atoms with Gasteiger partial charge >= 0.3 is 5.97 Å². The van der Waals surface area contributed by atoms with Crippen molar-refractivity contribution >= 4 is 34.8 Å². The minimum atomic E-state index is -0.955. The minimum Gasteiger partial charge on any atom is -0.478 e. The summed E-state index contributed by atoms with van der Waals surface area (Å²) in [5, 5.41) is 15.5. The zero-order chi connectivity index (χ0) is 20.1. The van der Waals surface area contributed by atoms with Gasteiger partial charge in [0.1, 0.15) is 5.82 Å². The average molecular weight is 391 g/mol. The standard InChI is InChI=1S/C21H21N5O3/c27-20(28)15-5-7-16(8-6-15)23-19-9-10-22-21(25-19)24-17-3-1-2-4-18(17)26-11-13-29-14-12-26/h1-10H,11-14H2,(H,27,28)(H2,22,23,24,25). The number of hydrogen-bond donors (Lipinski definition) is 3. The fourth-order valence-corrected chi connectivity index (χ4v) is 3.11. The van der Waals surface area contributed by atoms with E-state index in [4.69, 9.17) is 9.84 Å². The van der Waals surface area contributed by atoms with Crippen LogP contribution in [0.4, 0.5) is 28.8 Å². The molecular formula is C21H21N5O3. The van der Waals surface area contributed by atoms with E-state index in [0.29, 0.717) is 25.0 Å². The third-order valence-corrected chi connectivity index (χ3v) is 4.56. The normalized spacial score (nSPS) is 13.7. The molecule has 8 nitrogen and oxygen atoms in total. The second-order valence-electron chi connectivity index (χ2n) is 6.51. The van der Waals surface area contributed by atoms with Crippen molar-refractivity contribution in [3.63, 3.8) is 0 Å². The van der Waals surface area contributed by atoms with E-state index in [-0.39, 0.29) is 5.56 Å². The number of nitrogens with one attached hydrogen (secondary N) is 2. The summed E-state index contributed by atoms with van der Waals surface area (Å²) in [6, 6.07) is 16.3. The van der Waals surface area contributed by atoms with Gasteiger partial charge in [0, 0.05) is 25.0 Å². The van der Waals surface area contributed by atoms with Crippen molar-refractivity contribution in [1.29, 1.82) is 0 Å². The molecule has 1 aliphatic heterocycles. The molecular weight excluding hydrogens is 370 g/mol. The Morgan fingerprint density at radius 3 is 2.52 bits per heavy atom. The van der Waals surface area contributed by atoms with Crippen LogP contribution in [0.25, 0.3) is 0 Å². The van der Waals surface area contributed by atoms with E-state index in [0.717, 1.165) is 30.2 Å². The number of aromatic carboxylic acids is 1. The second-order valence-corrected chi connectivity index (χ2v) is 6.51. The molecule has 0 amide bonds. The van der Waals surface area contributed by atoms with Gasteiger partial charge in [-0.2, -0.15) is 4.98 Å². The van der Waals surface area contributed by atoms with Gasteiger partial charge in [0.2, 0.25) is 5.95 Å². The number of carboxylic acid groups (broad SMARTS) is 1. The highest BCUT2D eigenvalue weighted by atomic mass is 16.5. The number of ether oxygens (including phenoxy) is 1. The first kappa shape index (κ1) is 18.7. The van der Waals surface area contributed by atoms with Crippen molar-refractivity contribution in [3.8, 4) is 0 Å². The molecule has 0 spiro atoms. The molecule has 0 bridgehead atoms. The number of carboxylic acids is 1. The Balaban J connectivity index is 1.50. The minimum absolute atomic E-state index is 0.236. The largest absolute Gasteiger partial charge is 0.478 e. The third-order valence-electron chi connectivity index (χ3n) is 4.56. The Kier molecular flexibility index (Phi) is 5.53. The number of rotatable bonds is 6. The first-order valence-corrected chi connectivity index (χ1v) is 9.31. The predicted molar refractivity (Wildman–Crippen MR) is 111 cm³/mol. The predicted octanol–water partition coefficient (Wildman–Crippen LogP) is 3.50. The van der Waals surface area contributed by atoms with Gasteiger partial charge in [0.15, 0.2) is 0 Å². The number of morpholine rings is 1. The summed E-state index contributed by atoms with van der Waals surface area (Å²) < 4.78 is 5.44. The summed E-state index contributed by atoms with van der Waals surface area (Å²) in [5.41, 5.74) is 2.99. The van der Waals surface area contributed by atoms with Crippen LogP contribution in [0.2, 0.25) is 0 Å². The van der Waals surface area contributed by atoms with Gasteiger partial charge < -0.3 is 25.4 Å². The molecule has 2 heterocycles. The van der Waals surface area contributed by atoms with Gasteiger partial charge in [-0.3, -0.25) is 0 Å². The highest BCUT2D eigenvalue weighted by Gasteiger charge is 2.15. The molecule has 3 aromatic rings. The topological polar surface area (TPSA) is 99.6 Å². The quantitative estimate of drug-likeness (QED) is 0.587. The number of hydrogen-bond acceptors (Lipinski definition) is 7. The molecule has 0 radical (unpaired) electrons. The Bertz CT molecular complexity index is 988. The molecule has 4 rings (SSSR count). The van der Waals surface area contributed by atoms with Crippen LogP contribution in [0.3, 0.4) is 0 Å². The van der Waals surface area contributed by atoms with Crippen molar-refractivity contribution in [3.05, 3.63) is 66.4 Å². The molecule has 8 heteroatoms. The molecule has 3 N–H and O–H groups in total. The summed E-state index contributed by atoms with van der Waals surface area (Å²) >= 11 is 0. The highest BCUT2D eigenvalue weighted by molar-refractivity contribution is 5.88. The van der Waals surface area contributed by atoms with E-state index in [1.54, 1.807) is 36.5 Å². The van der Waals surface area contributed by atoms with Crippen molar-refractivity contribution in [2.24, 2.45) is 0 Å². The van der Waals surface area contributed by atoms with E-state index >= 15 is 0 Å². The van der Waals surface area contributed by atoms with E-state index in [1.165, 1.54) is 0 Å². The van der Waals surface area contributed by atoms with Crippen LogP contribution in [-0.2, 0) is 4.74 Å². The van der Waals surface area contributed by atoms with E-state index in [9.17, 15) is 4.79 Å². The summed E-state index contributed by atoms with van der Waals surface area (Å²) in [6.45, 7) is 3.11. The van der Waals surface area contributed by atoms with Gasteiger partial charge in [0.05, 0.1) is 30.2 Å². The van der Waals surface area contributed by atoms with Gasteiger partial charge in [-0.25, -0.2) is 9.78 Å². The van der Waals surface area contributed by atoms with E-state index < -0.39 is 5.97 Å². The van der Waals surface area contributed by atoms with Crippen molar-refractivity contribution in [2.75, 3.05) is 41.8 Å². The van der Waals surface area contributed by atoms with Crippen LogP contribution < -0.4 is 15.5 Å². The molecule has 0 saturated carbocycles. The first-order chi connectivity index (χ1) is 14.2. The maximum atomic E-state index is 11.0. The van der Waals surface area contributed by atoms with Crippen LogP contribution in [0, 0.1) is 0 Å². The van der Waals surface area contributed by atoms with Crippen LogP contribution in [-0.4, -0.2) is 47.3 Å². The first-order valence-electron chi connectivity index (χ1n) is 9.31. The van der Waals surface area contributed by atoms with E-state index in [1.807, 2.05) is 18.2 Å². The van der Waals surface area contributed by atoms with Gasteiger partial charge in [-0.05, 0) is 42.5 Å². The third kappa shape index (κ3) is 4.61. The summed E-state index contributed by atoms with van der Waals surface area (Å²) in [5.74, 6) is 0.122. The number of aromatic nitrogens is 2. The summed E-state index contributed by atoms with van der Waals surface area (Å²) in [4.78, 5) is 22.1. The molecule has 0 unspecified atom stereocenters. The van der Waals surface area contributed by atoms with Gasteiger partial charge in [-0.1, -0.05) is 12.1 Å². The SMILES string of the molecule is O=C(O)c1ccc(Nc2ccnc(Nc3ccccc3N3CCOCC3)n2)cc1. The number of anilines is 5. The number of nitrogens with zero attached hydrogens (tertiary/aromatic N) is 3. The molecule has 1 saturated heterocycles. The second kappa shape index (κ2) is 8.57. The lowest BCUT2D eigenvalue weighted by Crippen LogP contribution is -2.36. The zero-order valence-electron chi connectivity index (χ0n) is 15.7. The Morgan fingerprint density at radius 2 is 1.76 bits per heavy atom. The maximum Gasteiger partial charge on any atom is 0.335 e. The Hall–Kier alpha value is -3.65. The van der Waals surface area contributed by atoms with Gasteiger partial charge in [-0.15, -0.1) is 0 Å². The summed E-state index contributed by atoms with van der Waals surface area (Å²) in [6.07, 6.45) is 1.67. The number of para-hydroxylation sites is 2. The smallest absolute Gasteiger partial charge is 0.335 e. The van der Waals surface area contributed by atoms with E-state index in [2.05, 4.69) is 31.6 Å². The number of benzene rings is 2. The maximum absolute atomic E-state index is 11.0. The Labute approximate surface area is 168 Å². The molecule has 148 valence electrons. The molecule has 1 aliphatic rings. The lowest BCUT2D eigenvalue weighted by molar-refractivity contribution is 0.0697. The van der Waals surface area contributed by atoms with Crippen molar-refractivity contribution < 1.29 is 14.6 Å². The summed E-state index contributed by atoms with van der Waals surface area (Å²) in [7, 11) is 0. The van der Waals surface area contributed by atoms with Crippen molar-refractivity contribution in [1.82, 2.24) is 9.97 Å². The molecule has 0 aliphatic carbocycles. The molecule has 0 atom stereocenters. The fraction of sp³-hybridized carbons (Fsp3) is 0.190. The van der Waals surface area contributed by atoms with Crippen molar-refractivity contribution in [2.45, 2.75) is 0 Å². The molecule has 1 aromatic heterocycles. The average Bonchev–Trinajstić information content (AvgIpc) is 2.75. The zero-order valence-corrected chi connectivity index (χ0v) is 15.7.